The Bertz CT molecular complexity index is 1790. The quantitative estimate of drug-likeness (QED) is 0.0915. The number of primary amides is 1. The molecule has 0 aromatic heterocycles. The number of benzene rings is 2. The normalized spacial score (nSPS) is 18.6. The van der Waals surface area contributed by atoms with Gasteiger partial charge in [0.25, 0.3) is 5.91 Å². The summed E-state index contributed by atoms with van der Waals surface area (Å²) in [5.41, 5.74) is 6.70. The van der Waals surface area contributed by atoms with E-state index in [1.165, 1.54) is 35.3 Å². The first-order chi connectivity index (χ1) is 28.4. The van der Waals surface area contributed by atoms with E-state index in [9.17, 15) is 38.7 Å². The third-order valence-electron chi connectivity index (χ3n) is 10.9. The molecule has 1 fully saturated rings. The van der Waals surface area contributed by atoms with Crippen LogP contribution in [0.15, 0.2) is 60.7 Å². The van der Waals surface area contributed by atoms with E-state index in [1.807, 2.05) is 27.0 Å². The van der Waals surface area contributed by atoms with Gasteiger partial charge >= 0.3 is 0 Å². The Morgan fingerprint density at radius 3 is 1.92 bits per heavy atom. The van der Waals surface area contributed by atoms with E-state index in [2.05, 4.69) is 26.6 Å². The number of nitrogens with one attached hydrogen (secondary N) is 5. The largest absolute Gasteiger partial charge is 0.381 e. The number of hydrogen-bond acceptors (Lipinski definition) is 10. The fraction of sp³-hybridized carbons (Fsp3) is 0.558. The number of hydrogen-bond donors (Lipinski definition) is 7. The van der Waals surface area contributed by atoms with Gasteiger partial charge in [0.15, 0.2) is 6.10 Å². The summed E-state index contributed by atoms with van der Waals surface area (Å²) in [6.07, 6.45) is 1.40. The minimum absolute atomic E-state index is 0.00535. The molecule has 330 valence electrons. The molecule has 17 heteroatoms. The van der Waals surface area contributed by atoms with Crippen molar-refractivity contribution in [2.45, 2.75) is 121 Å². The third-order valence-corrected chi connectivity index (χ3v) is 13.0. The number of thioether (sulfide) groups is 2. The second-order valence-electron chi connectivity index (χ2n) is 15.9. The fourth-order valence-corrected chi connectivity index (χ4v) is 8.56. The second kappa shape index (κ2) is 23.4. The topological polar surface area (TPSA) is 229 Å². The number of aliphatic hydroxyl groups is 1. The molecule has 7 amide bonds. The third kappa shape index (κ3) is 13.7. The summed E-state index contributed by atoms with van der Waals surface area (Å²) >= 11 is 2.81. The van der Waals surface area contributed by atoms with Crippen molar-refractivity contribution < 1.29 is 38.7 Å². The SMILES string of the molecule is CC[C@H](C)[C@H](NC(C)=O)C(=O)N[C@H](C(=O)N[C@@H](Cc1ccccc1)[C@H](O)C(=O)N1CSC(C)(C)[C@@H]1C(=O)N[C@H](C(=O)N[C@@H](CCSC)C(N)=O)[C@@H](C)CC)c1ccccc1. The average molecular weight is 870 g/mol. The van der Waals surface area contributed by atoms with E-state index in [1.54, 1.807) is 81.4 Å². The Hall–Kier alpha value is -4.61. The molecule has 9 atom stereocenters. The predicted molar refractivity (Wildman–Crippen MR) is 235 cm³/mol. The fourth-order valence-electron chi connectivity index (χ4n) is 6.95. The zero-order chi connectivity index (χ0) is 44.7. The van der Waals surface area contributed by atoms with Gasteiger partial charge in [-0.3, -0.25) is 33.6 Å². The van der Waals surface area contributed by atoms with Gasteiger partial charge in [-0.1, -0.05) is 101 Å². The van der Waals surface area contributed by atoms with Crippen molar-refractivity contribution in [2.24, 2.45) is 17.6 Å². The van der Waals surface area contributed by atoms with Crippen LogP contribution in [-0.2, 0) is 40.0 Å². The van der Waals surface area contributed by atoms with E-state index < -0.39 is 88.5 Å². The smallest absolute Gasteiger partial charge is 0.254 e. The van der Waals surface area contributed by atoms with Gasteiger partial charge in [-0.2, -0.15) is 11.8 Å². The first-order valence-electron chi connectivity index (χ1n) is 20.3. The highest BCUT2D eigenvalue weighted by molar-refractivity contribution is 8.00. The minimum atomic E-state index is -1.86. The zero-order valence-corrected chi connectivity index (χ0v) is 37.5. The molecule has 2 aromatic carbocycles. The second-order valence-corrected chi connectivity index (χ2v) is 18.5. The van der Waals surface area contributed by atoms with Crippen LogP contribution in [-0.4, -0.2) is 110 Å². The van der Waals surface area contributed by atoms with Crippen LogP contribution in [0.5, 0.6) is 0 Å². The number of nitrogens with two attached hydrogens (primary N) is 1. The van der Waals surface area contributed by atoms with Crippen molar-refractivity contribution in [3.8, 4) is 0 Å². The highest BCUT2D eigenvalue weighted by Gasteiger charge is 2.51. The van der Waals surface area contributed by atoms with Crippen LogP contribution in [0.3, 0.4) is 0 Å². The van der Waals surface area contributed by atoms with Crippen LogP contribution in [0.4, 0.5) is 0 Å². The van der Waals surface area contributed by atoms with Crippen molar-refractivity contribution >= 4 is 64.9 Å². The lowest BCUT2D eigenvalue weighted by Gasteiger charge is -2.35. The standard InChI is InChI=1S/C43H63N7O8S2/c1-9-25(3)32(45-27(5)51)39(55)49-34(29-19-15-12-16-20-29)40(56)47-31(23-28-17-13-11-14-18-28)35(52)42(58)50-24-60-43(6,7)36(50)41(57)48-33(26(4)10-2)38(54)46-30(37(44)53)21-22-59-8/h11-20,25-26,30-36,52H,9-10,21-24H2,1-8H3,(H2,44,53)(H,45,51)(H,46,54)(H,47,56)(H,48,57)(H,49,55)/t25-,26-,30-,31-,32-,33-,34-,35-,36-/m0/s1. The molecule has 60 heavy (non-hydrogen) atoms. The van der Waals surface area contributed by atoms with Crippen LogP contribution in [0, 0.1) is 11.8 Å². The molecule has 0 saturated carbocycles. The lowest BCUT2D eigenvalue weighted by atomic mass is 9.94. The Morgan fingerprint density at radius 2 is 1.38 bits per heavy atom. The summed E-state index contributed by atoms with van der Waals surface area (Å²) in [5.74, 6) is -4.47. The number of amides is 7. The highest BCUT2D eigenvalue weighted by Crippen LogP contribution is 2.40. The molecule has 0 aliphatic carbocycles. The summed E-state index contributed by atoms with van der Waals surface area (Å²) in [7, 11) is 0. The van der Waals surface area contributed by atoms with Crippen LogP contribution < -0.4 is 32.3 Å². The minimum Gasteiger partial charge on any atom is -0.381 e. The predicted octanol–water partition coefficient (Wildman–Crippen LogP) is 2.42. The van der Waals surface area contributed by atoms with Gasteiger partial charge in [-0.25, -0.2) is 0 Å². The Kier molecular flexibility index (Phi) is 19.4. The first-order valence-corrected chi connectivity index (χ1v) is 22.7. The lowest BCUT2D eigenvalue weighted by molar-refractivity contribution is -0.148. The van der Waals surface area contributed by atoms with Gasteiger partial charge in [0.05, 0.1) is 11.9 Å². The molecule has 1 saturated heterocycles. The molecule has 1 aliphatic heterocycles. The first kappa shape index (κ1) is 49.8. The van der Waals surface area contributed by atoms with Gasteiger partial charge in [-0.15, -0.1) is 11.8 Å². The molecule has 15 nitrogen and oxygen atoms in total. The number of nitrogens with zero attached hydrogens (tertiary/aromatic N) is 1. The van der Waals surface area contributed by atoms with Crippen LogP contribution >= 0.6 is 23.5 Å². The number of aliphatic hydroxyl groups excluding tert-OH is 1. The van der Waals surface area contributed by atoms with Gasteiger partial charge in [0.2, 0.25) is 35.4 Å². The summed E-state index contributed by atoms with van der Waals surface area (Å²) in [6.45, 7) is 12.2. The summed E-state index contributed by atoms with van der Waals surface area (Å²) in [5, 5.41) is 25.8. The van der Waals surface area contributed by atoms with Crippen molar-refractivity contribution in [3.05, 3.63) is 71.8 Å². The Labute approximate surface area is 362 Å². The molecule has 1 heterocycles. The maximum atomic E-state index is 14.5. The molecular weight excluding hydrogens is 807 g/mol. The van der Waals surface area contributed by atoms with Crippen molar-refractivity contribution in [1.29, 1.82) is 0 Å². The van der Waals surface area contributed by atoms with Crippen molar-refractivity contribution in [3.63, 3.8) is 0 Å². The summed E-state index contributed by atoms with van der Waals surface area (Å²) < 4.78 is -0.870. The van der Waals surface area contributed by atoms with Gasteiger partial charge in [0.1, 0.15) is 30.2 Å². The highest BCUT2D eigenvalue weighted by atomic mass is 32.2. The van der Waals surface area contributed by atoms with E-state index in [-0.39, 0.29) is 24.1 Å². The molecule has 8 N–H and O–H groups in total. The molecule has 0 radical (unpaired) electrons. The van der Waals surface area contributed by atoms with E-state index in [4.69, 9.17) is 5.73 Å². The average Bonchev–Trinajstić information content (AvgIpc) is 3.55. The molecular formula is C43H63N7O8S2. The van der Waals surface area contributed by atoms with Gasteiger partial charge < -0.3 is 42.3 Å². The van der Waals surface area contributed by atoms with Crippen LogP contribution in [0.2, 0.25) is 0 Å². The summed E-state index contributed by atoms with van der Waals surface area (Å²) in [6, 6.07) is 10.8. The van der Waals surface area contributed by atoms with Crippen LogP contribution in [0.1, 0.15) is 84.9 Å². The molecule has 2 aromatic rings. The van der Waals surface area contributed by atoms with Gasteiger partial charge in [0, 0.05) is 11.7 Å². The molecule has 0 bridgehead atoms. The molecule has 1 aliphatic rings. The molecule has 3 rings (SSSR count). The van der Waals surface area contributed by atoms with E-state index in [0.29, 0.717) is 36.1 Å². The van der Waals surface area contributed by atoms with E-state index >= 15 is 0 Å². The van der Waals surface area contributed by atoms with E-state index in [0.717, 1.165) is 0 Å². The lowest BCUT2D eigenvalue weighted by Crippen LogP contribution is -2.62. The molecule has 0 unspecified atom stereocenters. The monoisotopic (exact) mass is 869 g/mol. The Morgan fingerprint density at radius 1 is 0.833 bits per heavy atom. The van der Waals surface area contributed by atoms with Crippen molar-refractivity contribution in [1.82, 2.24) is 31.5 Å². The maximum absolute atomic E-state index is 14.5. The van der Waals surface area contributed by atoms with Crippen molar-refractivity contribution in [2.75, 3.05) is 17.9 Å². The van der Waals surface area contributed by atoms with Crippen LogP contribution in [0.25, 0.3) is 0 Å². The number of rotatable bonds is 22. The number of carbonyl (C=O) groups is 7. The molecule has 0 spiro atoms. The summed E-state index contributed by atoms with van der Waals surface area (Å²) in [4.78, 5) is 96.0. The zero-order valence-electron chi connectivity index (χ0n) is 35.9. The number of carbonyl (C=O) groups excluding carboxylic acids is 7. The Balaban J connectivity index is 1.96. The van der Waals surface area contributed by atoms with Gasteiger partial charge in [-0.05, 0) is 61.7 Å². The maximum Gasteiger partial charge on any atom is 0.254 e.